The number of carbonyl (C=O) groups excluding carboxylic acids is 1. The molecule has 0 aliphatic rings. The minimum atomic E-state index is -0.251. The zero-order valence-electron chi connectivity index (χ0n) is 11.6. The van der Waals surface area contributed by atoms with E-state index in [0.29, 0.717) is 24.0 Å². The molecule has 1 amide bonds. The average molecular weight is 285 g/mol. The fraction of sp³-hybridized carbons (Fsp3) is 0.615. The van der Waals surface area contributed by atoms with Crippen LogP contribution < -0.4 is 11.3 Å². The van der Waals surface area contributed by atoms with Gasteiger partial charge in [0.05, 0.1) is 11.5 Å². The van der Waals surface area contributed by atoms with Crippen LogP contribution in [0.25, 0.3) is 0 Å². The van der Waals surface area contributed by atoms with Crippen LogP contribution in [0.2, 0.25) is 0 Å². The first-order valence-corrected chi connectivity index (χ1v) is 7.48. The van der Waals surface area contributed by atoms with Crippen molar-refractivity contribution >= 4 is 17.2 Å². The van der Waals surface area contributed by atoms with Gasteiger partial charge in [0, 0.05) is 19.1 Å². The third-order valence-electron chi connectivity index (χ3n) is 3.30. The molecule has 0 fully saturated rings. The number of rotatable bonds is 8. The van der Waals surface area contributed by atoms with E-state index in [1.807, 2.05) is 11.4 Å². The summed E-state index contributed by atoms with van der Waals surface area (Å²) in [6.45, 7) is 5.68. The molecule has 4 N–H and O–H groups in total. The third kappa shape index (κ3) is 4.28. The van der Waals surface area contributed by atoms with Crippen molar-refractivity contribution in [3.63, 3.8) is 0 Å². The second-order valence-corrected chi connectivity index (χ2v) is 5.33. The highest BCUT2D eigenvalue weighted by Gasteiger charge is 2.19. The number of hydrazine groups is 1. The Hall–Kier alpha value is -0.950. The Morgan fingerprint density at radius 2 is 2.21 bits per heavy atom. The van der Waals surface area contributed by atoms with Crippen molar-refractivity contribution in [1.82, 2.24) is 10.3 Å². The van der Waals surface area contributed by atoms with Gasteiger partial charge in [-0.2, -0.15) is 0 Å². The van der Waals surface area contributed by atoms with E-state index in [1.54, 1.807) is 0 Å². The summed E-state index contributed by atoms with van der Waals surface area (Å²) >= 11 is 1.39. The van der Waals surface area contributed by atoms with Crippen LogP contribution in [0.3, 0.4) is 0 Å². The van der Waals surface area contributed by atoms with E-state index < -0.39 is 0 Å². The van der Waals surface area contributed by atoms with Crippen LogP contribution >= 0.6 is 11.3 Å². The minimum Gasteiger partial charge on any atom is -0.395 e. The number of nitrogen functional groups attached to an aromatic ring is 1. The first-order valence-electron chi connectivity index (χ1n) is 6.60. The average Bonchev–Trinajstić information content (AvgIpc) is 2.87. The first kappa shape index (κ1) is 16.1. The summed E-state index contributed by atoms with van der Waals surface area (Å²) in [6.07, 6.45) is 2.05. The monoisotopic (exact) mass is 285 g/mol. The maximum absolute atomic E-state index is 11.7. The van der Waals surface area contributed by atoms with Gasteiger partial charge in [0.15, 0.2) is 0 Å². The largest absolute Gasteiger partial charge is 0.395 e. The lowest BCUT2D eigenvalue weighted by Gasteiger charge is -2.29. The Balaban J connectivity index is 2.84. The van der Waals surface area contributed by atoms with Gasteiger partial charge < -0.3 is 5.11 Å². The summed E-state index contributed by atoms with van der Waals surface area (Å²) in [6, 6.07) is 2.36. The summed E-state index contributed by atoms with van der Waals surface area (Å²) in [5.41, 5.74) is 3.14. The Morgan fingerprint density at radius 3 is 2.74 bits per heavy atom. The van der Waals surface area contributed by atoms with Gasteiger partial charge in [-0.05, 0) is 29.9 Å². The lowest BCUT2D eigenvalue weighted by atomic mass is 10.1. The molecule has 0 radical (unpaired) electrons. The SMILES string of the molecule is CCC(CC)N(CCO)Cc1ccsc1C(=O)NN. The van der Waals surface area contributed by atoms with Gasteiger partial charge in [0.2, 0.25) is 0 Å². The standard InChI is InChI=1S/C13H23N3O2S/c1-3-11(4-2)16(6-7-17)9-10-5-8-19-12(10)13(18)15-14/h5,8,11,17H,3-4,6-7,9,14H2,1-2H3,(H,15,18). The lowest BCUT2D eigenvalue weighted by molar-refractivity contribution is 0.0953. The molecule has 0 atom stereocenters. The molecule has 0 aliphatic heterocycles. The summed E-state index contributed by atoms with van der Waals surface area (Å²) in [7, 11) is 0. The Labute approximate surface area is 118 Å². The van der Waals surface area contributed by atoms with Crippen molar-refractivity contribution in [2.45, 2.75) is 39.3 Å². The smallest absolute Gasteiger partial charge is 0.275 e. The maximum atomic E-state index is 11.7. The van der Waals surface area contributed by atoms with Crippen LogP contribution in [-0.2, 0) is 6.54 Å². The van der Waals surface area contributed by atoms with Crippen molar-refractivity contribution in [2.24, 2.45) is 5.84 Å². The molecule has 19 heavy (non-hydrogen) atoms. The summed E-state index contributed by atoms with van der Waals surface area (Å²) in [5, 5.41) is 11.1. The third-order valence-corrected chi connectivity index (χ3v) is 4.26. The van der Waals surface area contributed by atoms with Crippen LogP contribution in [0.4, 0.5) is 0 Å². The van der Waals surface area contributed by atoms with Crippen molar-refractivity contribution in [3.8, 4) is 0 Å². The number of nitrogens with zero attached hydrogens (tertiary/aromatic N) is 1. The first-order chi connectivity index (χ1) is 9.17. The Morgan fingerprint density at radius 1 is 1.53 bits per heavy atom. The topological polar surface area (TPSA) is 78.6 Å². The summed E-state index contributed by atoms with van der Waals surface area (Å²) < 4.78 is 0. The van der Waals surface area contributed by atoms with Crippen LogP contribution in [0.15, 0.2) is 11.4 Å². The fourth-order valence-electron chi connectivity index (χ4n) is 2.27. The van der Waals surface area contributed by atoms with Crippen molar-refractivity contribution in [3.05, 3.63) is 21.9 Å². The quantitative estimate of drug-likeness (QED) is 0.382. The molecule has 0 aromatic carbocycles. The minimum absolute atomic E-state index is 0.124. The van der Waals surface area contributed by atoms with E-state index >= 15 is 0 Å². The molecule has 1 heterocycles. The molecule has 108 valence electrons. The number of thiophene rings is 1. The normalized spacial score (nSPS) is 11.3. The molecule has 0 saturated carbocycles. The second-order valence-electron chi connectivity index (χ2n) is 4.41. The van der Waals surface area contributed by atoms with Crippen molar-refractivity contribution in [1.29, 1.82) is 0 Å². The van der Waals surface area contributed by atoms with Gasteiger partial charge in [0.1, 0.15) is 0 Å². The molecule has 0 bridgehead atoms. The van der Waals surface area contributed by atoms with Crippen molar-refractivity contribution in [2.75, 3.05) is 13.2 Å². The molecule has 0 aliphatic carbocycles. The molecule has 0 saturated heterocycles. The molecule has 0 unspecified atom stereocenters. The number of hydrogen-bond donors (Lipinski definition) is 3. The second kappa shape index (κ2) is 8.27. The van der Waals surface area contributed by atoms with E-state index in [9.17, 15) is 9.90 Å². The van der Waals surface area contributed by atoms with Crippen LogP contribution in [0.5, 0.6) is 0 Å². The van der Waals surface area contributed by atoms with E-state index in [1.165, 1.54) is 11.3 Å². The molecular weight excluding hydrogens is 262 g/mol. The van der Waals surface area contributed by atoms with E-state index in [2.05, 4.69) is 24.2 Å². The fourth-order valence-corrected chi connectivity index (χ4v) is 3.09. The highest BCUT2D eigenvalue weighted by Crippen LogP contribution is 2.21. The van der Waals surface area contributed by atoms with Crippen LogP contribution in [0, 0.1) is 0 Å². The molecule has 1 rings (SSSR count). The van der Waals surface area contributed by atoms with E-state index in [0.717, 1.165) is 18.4 Å². The van der Waals surface area contributed by atoms with Crippen LogP contribution in [-0.4, -0.2) is 35.1 Å². The maximum Gasteiger partial charge on any atom is 0.275 e. The number of aliphatic hydroxyl groups excluding tert-OH is 1. The lowest BCUT2D eigenvalue weighted by Crippen LogP contribution is -2.37. The Kier molecular flexibility index (Phi) is 7.01. The predicted octanol–water partition coefficient (Wildman–Crippen LogP) is 1.33. The number of carbonyl (C=O) groups is 1. The number of hydrogen-bond acceptors (Lipinski definition) is 5. The Bertz CT molecular complexity index is 391. The molecule has 1 aromatic rings. The summed E-state index contributed by atoms with van der Waals surface area (Å²) in [5.74, 6) is 4.94. The van der Waals surface area contributed by atoms with Gasteiger partial charge in [-0.3, -0.25) is 15.1 Å². The van der Waals surface area contributed by atoms with Gasteiger partial charge >= 0.3 is 0 Å². The highest BCUT2D eigenvalue weighted by atomic mass is 32.1. The molecule has 5 nitrogen and oxygen atoms in total. The predicted molar refractivity (Wildman–Crippen MR) is 77.8 cm³/mol. The van der Waals surface area contributed by atoms with Gasteiger partial charge in [0.25, 0.3) is 5.91 Å². The van der Waals surface area contributed by atoms with Crippen molar-refractivity contribution < 1.29 is 9.90 Å². The molecular formula is C13H23N3O2S. The zero-order chi connectivity index (χ0) is 14.3. The molecule has 6 heteroatoms. The number of amides is 1. The summed E-state index contributed by atoms with van der Waals surface area (Å²) in [4.78, 5) is 14.5. The van der Waals surface area contributed by atoms with Gasteiger partial charge in [-0.25, -0.2) is 5.84 Å². The highest BCUT2D eigenvalue weighted by molar-refractivity contribution is 7.12. The molecule has 0 spiro atoms. The zero-order valence-corrected chi connectivity index (χ0v) is 12.4. The number of nitrogens with two attached hydrogens (primary N) is 1. The van der Waals surface area contributed by atoms with E-state index in [-0.39, 0.29) is 12.5 Å². The van der Waals surface area contributed by atoms with Gasteiger partial charge in [-0.15, -0.1) is 11.3 Å². The van der Waals surface area contributed by atoms with Gasteiger partial charge in [-0.1, -0.05) is 13.8 Å². The van der Waals surface area contributed by atoms with Crippen LogP contribution in [0.1, 0.15) is 41.9 Å². The molecule has 1 aromatic heterocycles. The number of aliphatic hydroxyl groups is 1. The van der Waals surface area contributed by atoms with E-state index in [4.69, 9.17) is 5.84 Å². The number of nitrogens with one attached hydrogen (secondary N) is 1.